The van der Waals surface area contributed by atoms with E-state index in [0.29, 0.717) is 6.54 Å². The van der Waals surface area contributed by atoms with E-state index in [2.05, 4.69) is 6.92 Å². The van der Waals surface area contributed by atoms with Gasteiger partial charge in [-0.15, -0.1) is 0 Å². The Kier molecular flexibility index (Phi) is 6.36. The molecule has 2 rings (SSSR count). The van der Waals surface area contributed by atoms with E-state index in [1.165, 1.54) is 28.7 Å². The molecule has 0 aromatic heterocycles. The molecule has 0 fully saturated rings. The molecule has 6 nitrogen and oxygen atoms in total. The molecular weight excluding hydrogens is 344 g/mol. The van der Waals surface area contributed by atoms with E-state index in [1.54, 1.807) is 7.05 Å². The van der Waals surface area contributed by atoms with Gasteiger partial charge in [-0.3, -0.25) is 14.9 Å². The van der Waals surface area contributed by atoms with Crippen LogP contribution in [0.1, 0.15) is 18.1 Å². The highest BCUT2D eigenvalue weighted by molar-refractivity contribution is 6.30. The second-order valence-corrected chi connectivity index (χ2v) is 6.01. The van der Waals surface area contributed by atoms with Gasteiger partial charge in [0.25, 0.3) is 5.91 Å². The maximum atomic E-state index is 12.2. The first-order chi connectivity index (χ1) is 11.9. The van der Waals surface area contributed by atoms with Crippen LogP contribution in [-0.2, 0) is 17.8 Å². The SMILES string of the molecule is CCc1ccc(CN(C)C(=O)COc2ccc(Cl)cc2[N+](=O)[O-])cc1. The zero-order chi connectivity index (χ0) is 18.4. The minimum absolute atomic E-state index is 0.0171. The van der Waals surface area contributed by atoms with Crippen LogP contribution in [0.4, 0.5) is 5.69 Å². The predicted octanol–water partition coefficient (Wildman–Crippen LogP) is 3.85. The van der Waals surface area contributed by atoms with E-state index in [9.17, 15) is 14.9 Å². The fourth-order valence-corrected chi connectivity index (χ4v) is 2.41. The van der Waals surface area contributed by atoms with Gasteiger partial charge in [0.15, 0.2) is 12.4 Å². The number of ether oxygens (including phenoxy) is 1. The van der Waals surface area contributed by atoms with Crippen LogP contribution < -0.4 is 4.74 Å². The Morgan fingerprint density at radius 3 is 2.44 bits per heavy atom. The maximum absolute atomic E-state index is 12.2. The molecule has 0 spiro atoms. The summed E-state index contributed by atoms with van der Waals surface area (Å²) in [5, 5.41) is 11.3. The van der Waals surface area contributed by atoms with Crippen molar-refractivity contribution in [3.05, 3.63) is 68.7 Å². The Bertz CT molecular complexity index is 762. The standard InChI is InChI=1S/C18H19ClN2O4/c1-3-13-4-6-14(7-5-13)11-20(2)18(22)12-25-17-9-8-15(19)10-16(17)21(23)24/h4-10H,3,11-12H2,1-2H3. The van der Waals surface area contributed by atoms with Gasteiger partial charge < -0.3 is 9.64 Å². The number of amides is 1. The third-order valence-electron chi connectivity index (χ3n) is 3.75. The molecular formula is C18H19ClN2O4. The first-order valence-electron chi connectivity index (χ1n) is 7.79. The fourth-order valence-electron chi connectivity index (χ4n) is 2.25. The third-order valence-corrected chi connectivity index (χ3v) is 3.98. The average Bonchev–Trinajstić information content (AvgIpc) is 2.60. The number of nitro benzene ring substituents is 1. The lowest BCUT2D eigenvalue weighted by Crippen LogP contribution is -2.31. The maximum Gasteiger partial charge on any atom is 0.312 e. The van der Waals surface area contributed by atoms with Crippen molar-refractivity contribution >= 4 is 23.2 Å². The van der Waals surface area contributed by atoms with Gasteiger partial charge in [-0.05, 0) is 29.7 Å². The first-order valence-corrected chi connectivity index (χ1v) is 8.17. The van der Waals surface area contributed by atoms with Crippen molar-refractivity contribution in [1.82, 2.24) is 4.90 Å². The Hall–Kier alpha value is -2.60. The van der Waals surface area contributed by atoms with Crippen molar-refractivity contribution in [3.63, 3.8) is 0 Å². The lowest BCUT2D eigenvalue weighted by Gasteiger charge is -2.17. The second kappa shape index (κ2) is 8.48. The largest absolute Gasteiger partial charge is 0.477 e. The quantitative estimate of drug-likeness (QED) is 0.554. The topological polar surface area (TPSA) is 72.7 Å². The van der Waals surface area contributed by atoms with Crippen molar-refractivity contribution < 1.29 is 14.5 Å². The summed E-state index contributed by atoms with van der Waals surface area (Å²) in [5.41, 5.74) is 1.97. The van der Waals surface area contributed by atoms with E-state index in [4.69, 9.17) is 16.3 Å². The highest BCUT2D eigenvalue weighted by atomic mass is 35.5. The van der Waals surface area contributed by atoms with E-state index in [1.807, 2.05) is 24.3 Å². The van der Waals surface area contributed by atoms with Gasteiger partial charge in [-0.2, -0.15) is 0 Å². The minimum Gasteiger partial charge on any atom is -0.477 e. The molecule has 25 heavy (non-hydrogen) atoms. The highest BCUT2D eigenvalue weighted by Gasteiger charge is 2.18. The molecule has 132 valence electrons. The molecule has 0 unspecified atom stereocenters. The third kappa shape index (κ3) is 5.19. The summed E-state index contributed by atoms with van der Waals surface area (Å²) >= 11 is 5.75. The van der Waals surface area contributed by atoms with Crippen LogP contribution in [0.2, 0.25) is 5.02 Å². The van der Waals surface area contributed by atoms with Crippen LogP contribution in [0, 0.1) is 10.1 Å². The van der Waals surface area contributed by atoms with Gasteiger partial charge in [0.1, 0.15) is 0 Å². The average molecular weight is 363 g/mol. The molecule has 0 N–H and O–H groups in total. The molecule has 1 amide bonds. The van der Waals surface area contributed by atoms with Gasteiger partial charge >= 0.3 is 5.69 Å². The van der Waals surface area contributed by atoms with E-state index >= 15 is 0 Å². The van der Waals surface area contributed by atoms with Crippen LogP contribution in [-0.4, -0.2) is 29.4 Å². The van der Waals surface area contributed by atoms with Gasteiger partial charge in [0.2, 0.25) is 0 Å². The number of likely N-dealkylation sites (N-methyl/N-ethyl adjacent to an activating group) is 1. The van der Waals surface area contributed by atoms with Gasteiger partial charge in [-0.1, -0.05) is 42.8 Å². The zero-order valence-electron chi connectivity index (χ0n) is 14.1. The van der Waals surface area contributed by atoms with Crippen molar-refractivity contribution in [2.24, 2.45) is 0 Å². The Morgan fingerprint density at radius 2 is 1.84 bits per heavy atom. The fraction of sp³-hybridized carbons (Fsp3) is 0.278. The summed E-state index contributed by atoms with van der Waals surface area (Å²) in [6, 6.07) is 12.1. The molecule has 0 saturated carbocycles. The summed E-state index contributed by atoms with van der Waals surface area (Å²) in [6.45, 7) is 2.23. The molecule has 0 bridgehead atoms. The number of benzene rings is 2. The summed E-state index contributed by atoms with van der Waals surface area (Å²) in [4.78, 5) is 24.1. The van der Waals surface area contributed by atoms with Crippen molar-refractivity contribution in [2.45, 2.75) is 19.9 Å². The van der Waals surface area contributed by atoms with Crippen LogP contribution >= 0.6 is 11.6 Å². The second-order valence-electron chi connectivity index (χ2n) is 5.58. The van der Waals surface area contributed by atoms with Gasteiger partial charge in [-0.25, -0.2) is 0 Å². The number of aryl methyl sites for hydroxylation is 1. The molecule has 0 aliphatic carbocycles. The zero-order valence-corrected chi connectivity index (χ0v) is 14.8. The molecule has 0 heterocycles. The highest BCUT2D eigenvalue weighted by Crippen LogP contribution is 2.29. The summed E-state index contributed by atoms with van der Waals surface area (Å²) in [6.07, 6.45) is 0.961. The smallest absolute Gasteiger partial charge is 0.312 e. The molecule has 0 atom stereocenters. The van der Waals surface area contributed by atoms with Crippen molar-refractivity contribution in [3.8, 4) is 5.75 Å². The predicted molar refractivity (Wildman–Crippen MR) is 95.9 cm³/mol. The monoisotopic (exact) mass is 362 g/mol. The number of halogens is 1. The van der Waals surface area contributed by atoms with E-state index in [-0.39, 0.29) is 29.0 Å². The first kappa shape index (κ1) is 18.7. The normalized spacial score (nSPS) is 10.4. The molecule has 0 aliphatic rings. The number of carbonyl (C=O) groups is 1. The number of hydrogen-bond acceptors (Lipinski definition) is 4. The van der Waals surface area contributed by atoms with Gasteiger partial charge in [0, 0.05) is 24.7 Å². The minimum atomic E-state index is -0.593. The number of nitro groups is 1. The molecule has 2 aromatic rings. The number of hydrogen-bond donors (Lipinski definition) is 0. The molecule has 0 radical (unpaired) electrons. The van der Waals surface area contributed by atoms with E-state index < -0.39 is 4.92 Å². The van der Waals surface area contributed by atoms with Crippen LogP contribution in [0.25, 0.3) is 0 Å². The number of rotatable bonds is 7. The van der Waals surface area contributed by atoms with E-state index in [0.717, 1.165) is 12.0 Å². The van der Waals surface area contributed by atoms with Gasteiger partial charge in [0.05, 0.1) is 4.92 Å². The summed E-state index contributed by atoms with van der Waals surface area (Å²) in [7, 11) is 1.66. The lowest BCUT2D eigenvalue weighted by molar-refractivity contribution is -0.385. The Labute approximate surface area is 151 Å². The molecule has 7 heteroatoms. The summed E-state index contributed by atoms with van der Waals surface area (Å²) in [5.74, 6) is -0.257. The van der Waals surface area contributed by atoms with Crippen molar-refractivity contribution in [1.29, 1.82) is 0 Å². The van der Waals surface area contributed by atoms with Crippen LogP contribution in [0.15, 0.2) is 42.5 Å². The Morgan fingerprint density at radius 1 is 1.20 bits per heavy atom. The van der Waals surface area contributed by atoms with Crippen molar-refractivity contribution in [2.75, 3.05) is 13.7 Å². The number of carbonyl (C=O) groups excluding carboxylic acids is 1. The lowest BCUT2D eigenvalue weighted by atomic mass is 10.1. The molecule has 0 saturated heterocycles. The molecule has 2 aromatic carbocycles. The number of nitrogens with zero attached hydrogens (tertiary/aromatic N) is 2. The molecule has 0 aliphatic heterocycles. The van der Waals surface area contributed by atoms with Crippen LogP contribution in [0.5, 0.6) is 5.75 Å². The summed E-state index contributed by atoms with van der Waals surface area (Å²) < 4.78 is 5.32. The van der Waals surface area contributed by atoms with Crippen LogP contribution in [0.3, 0.4) is 0 Å². The Balaban J connectivity index is 1.96.